The maximum atomic E-state index is 11.7. The summed E-state index contributed by atoms with van der Waals surface area (Å²) in [6, 6.07) is 5.39. The standard InChI is InChI=1S/C10H10N4O5S2/c11-21(18,19)7-3-1-2-6(4-7)14-9(17)12-13-10(14)20-5-8(15)16/h1-4H,5H2,(H,12,17)(H,15,16)(H2,11,18,19). The summed E-state index contributed by atoms with van der Waals surface area (Å²) in [7, 11) is -3.91. The Morgan fingerprint density at radius 1 is 1.48 bits per heavy atom. The summed E-state index contributed by atoms with van der Waals surface area (Å²) in [5.74, 6) is -1.36. The van der Waals surface area contributed by atoms with Crippen molar-refractivity contribution in [1.29, 1.82) is 0 Å². The van der Waals surface area contributed by atoms with E-state index < -0.39 is 21.7 Å². The number of nitrogens with zero attached hydrogens (tertiary/aromatic N) is 2. The van der Waals surface area contributed by atoms with Crippen LogP contribution in [-0.2, 0) is 14.8 Å². The van der Waals surface area contributed by atoms with Crippen LogP contribution in [0.4, 0.5) is 0 Å². The highest BCUT2D eigenvalue weighted by Crippen LogP contribution is 2.19. The molecule has 0 saturated heterocycles. The van der Waals surface area contributed by atoms with Gasteiger partial charge in [0.25, 0.3) is 0 Å². The molecule has 1 aromatic carbocycles. The van der Waals surface area contributed by atoms with Gasteiger partial charge in [-0.3, -0.25) is 4.79 Å². The van der Waals surface area contributed by atoms with Gasteiger partial charge in [0.05, 0.1) is 16.3 Å². The summed E-state index contributed by atoms with van der Waals surface area (Å²) in [5.41, 5.74) is -0.400. The monoisotopic (exact) mass is 330 g/mol. The van der Waals surface area contributed by atoms with Gasteiger partial charge < -0.3 is 5.11 Å². The second-order valence-corrected chi connectivity index (χ2v) is 6.38. The summed E-state index contributed by atoms with van der Waals surface area (Å²) in [6.45, 7) is 0. The molecule has 1 heterocycles. The van der Waals surface area contributed by atoms with Gasteiger partial charge in [-0.15, -0.1) is 5.10 Å². The van der Waals surface area contributed by atoms with E-state index in [0.717, 1.165) is 16.3 Å². The number of sulfonamides is 1. The van der Waals surface area contributed by atoms with Gasteiger partial charge in [-0.1, -0.05) is 17.8 Å². The molecule has 0 aliphatic carbocycles. The molecule has 0 amide bonds. The van der Waals surface area contributed by atoms with Crippen LogP contribution < -0.4 is 10.8 Å². The summed E-state index contributed by atoms with van der Waals surface area (Å²) in [5, 5.41) is 19.7. The van der Waals surface area contributed by atoms with Gasteiger partial charge in [-0.25, -0.2) is 28.0 Å². The summed E-state index contributed by atoms with van der Waals surface area (Å²) in [6.07, 6.45) is 0. The molecular formula is C10H10N4O5S2. The van der Waals surface area contributed by atoms with Gasteiger partial charge >= 0.3 is 11.7 Å². The average molecular weight is 330 g/mol. The molecular weight excluding hydrogens is 320 g/mol. The molecule has 0 fully saturated rings. The van der Waals surface area contributed by atoms with Gasteiger partial charge in [-0.2, -0.15) is 0 Å². The minimum Gasteiger partial charge on any atom is -0.481 e. The van der Waals surface area contributed by atoms with Crippen LogP contribution in [0.2, 0.25) is 0 Å². The number of aromatic nitrogens is 3. The largest absolute Gasteiger partial charge is 0.481 e. The van der Waals surface area contributed by atoms with Crippen molar-refractivity contribution in [2.45, 2.75) is 10.1 Å². The molecule has 0 atom stereocenters. The molecule has 0 bridgehead atoms. The molecule has 0 radical (unpaired) electrons. The molecule has 2 aromatic rings. The number of carboxylic acid groups (broad SMARTS) is 1. The van der Waals surface area contributed by atoms with Crippen LogP contribution in [0.5, 0.6) is 0 Å². The third kappa shape index (κ3) is 3.51. The van der Waals surface area contributed by atoms with Crippen molar-refractivity contribution in [1.82, 2.24) is 14.8 Å². The number of thioether (sulfide) groups is 1. The van der Waals surface area contributed by atoms with E-state index in [9.17, 15) is 18.0 Å². The van der Waals surface area contributed by atoms with E-state index in [1.807, 2.05) is 0 Å². The van der Waals surface area contributed by atoms with Gasteiger partial charge in [-0.05, 0) is 18.2 Å². The van der Waals surface area contributed by atoms with Crippen molar-refractivity contribution in [3.8, 4) is 5.69 Å². The zero-order chi connectivity index (χ0) is 15.6. The second-order valence-electron chi connectivity index (χ2n) is 3.87. The first-order valence-electron chi connectivity index (χ1n) is 5.44. The van der Waals surface area contributed by atoms with E-state index in [0.29, 0.717) is 0 Å². The van der Waals surface area contributed by atoms with E-state index in [2.05, 4.69) is 10.2 Å². The maximum absolute atomic E-state index is 11.7. The Kier molecular flexibility index (Phi) is 4.16. The second kappa shape index (κ2) is 5.71. The number of aromatic amines is 1. The zero-order valence-electron chi connectivity index (χ0n) is 10.4. The molecule has 0 spiro atoms. The lowest BCUT2D eigenvalue weighted by atomic mass is 10.3. The fourth-order valence-electron chi connectivity index (χ4n) is 1.53. The number of hydrogen-bond acceptors (Lipinski definition) is 6. The number of carbonyl (C=O) groups is 1. The Bertz CT molecular complexity index is 839. The van der Waals surface area contributed by atoms with E-state index in [4.69, 9.17) is 10.2 Å². The van der Waals surface area contributed by atoms with Crippen LogP contribution in [0.1, 0.15) is 0 Å². The molecule has 2 rings (SSSR count). The number of primary sulfonamides is 1. The minimum atomic E-state index is -3.91. The van der Waals surface area contributed by atoms with Crippen molar-refractivity contribution < 1.29 is 18.3 Å². The van der Waals surface area contributed by atoms with Crippen molar-refractivity contribution in [3.63, 3.8) is 0 Å². The van der Waals surface area contributed by atoms with Crippen molar-refractivity contribution in [2.75, 3.05) is 5.75 Å². The fraction of sp³-hybridized carbons (Fsp3) is 0.100. The van der Waals surface area contributed by atoms with Gasteiger partial charge in [0.15, 0.2) is 5.16 Å². The third-order valence-electron chi connectivity index (χ3n) is 2.37. The van der Waals surface area contributed by atoms with Crippen molar-refractivity contribution in [3.05, 3.63) is 34.7 Å². The molecule has 9 nitrogen and oxygen atoms in total. The number of hydrogen-bond donors (Lipinski definition) is 3. The first-order valence-corrected chi connectivity index (χ1v) is 7.97. The van der Waals surface area contributed by atoms with E-state index >= 15 is 0 Å². The maximum Gasteiger partial charge on any atom is 0.348 e. The first-order chi connectivity index (χ1) is 9.79. The van der Waals surface area contributed by atoms with Crippen molar-refractivity contribution >= 4 is 27.8 Å². The van der Waals surface area contributed by atoms with Crippen LogP contribution >= 0.6 is 11.8 Å². The summed E-state index contributed by atoms with van der Waals surface area (Å²) in [4.78, 5) is 22.2. The molecule has 1 aromatic heterocycles. The number of benzene rings is 1. The normalized spacial score (nSPS) is 11.5. The molecule has 0 aliphatic rings. The lowest BCUT2D eigenvalue weighted by Gasteiger charge is -2.06. The van der Waals surface area contributed by atoms with Gasteiger partial charge in [0.1, 0.15) is 0 Å². The number of nitrogens with two attached hydrogens (primary N) is 1. The Morgan fingerprint density at radius 3 is 2.81 bits per heavy atom. The number of nitrogens with one attached hydrogen (secondary N) is 1. The first kappa shape index (κ1) is 15.3. The number of rotatable bonds is 5. The molecule has 0 saturated carbocycles. The summed E-state index contributed by atoms with van der Waals surface area (Å²) >= 11 is 0.825. The lowest BCUT2D eigenvalue weighted by molar-refractivity contribution is -0.133. The van der Waals surface area contributed by atoms with Gasteiger partial charge in [0, 0.05) is 0 Å². The predicted octanol–water partition coefficient (Wildman–Crippen LogP) is -0.615. The third-order valence-corrected chi connectivity index (χ3v) is 4.21. The molecule has 112 valence electrons. The smallest absolute Gasteiger partial charge is 0.348 e. The Hall–Kier alpha value is -2.11. The van der Waals surface area contributed by atoms with Crippen molar-refractivity contribution in [2.24, 2.45) is 5.14 Å². The highest BCUT2D eigenvalue weighted by Gasteiger charge is 2.15. The highest BCUT2D eigenvalue weighted by atomic mass is 32.2. The number of aliphatic carboxylic acids is 1. The van der Waals surface area contributed by atoms with E-state index in [-0.39, 0.29) is 21.5 Å². The van der Waals surface area contributed by atoms with E-state index in [1.54, 1.807) is 0 Å². The Labute approximate surface area is 122 Å². The van der Waals surface area contributed by atoms with Gasteiger partial charge in [0.2, 0.25) is 10.0 Å². The molecule has 0 unspecified atom stereocenters. The van der Waals surface area contributed by atoms with Crippen LogP contribution in [0.3, 0.4) is 0 Å². The zero-order valence-corrected chi connectivity index (χ0v) is 12.0. The highest BCUT2D eigenvalue weighted by molar-refractivity contribution is 7.99. The fourth-order valence-corrected chi connectivity index (χ4v) is 2.77. The lowest BCUT2D eigenvalue weighted by Crippen LogP contribution is -2.17. The number of H-pyrrole nitrogens is 1. The van der Waals surface area contributed by atoms with Crippen LogP contribution in [-0.4, -0.2) is 40.0 Å². The minimum absolute atomic E-state index is 0.106. The molecule has 21 heavy (non-hydrogen) atoms. The predicted molar refractivity (Wildman–Crippen MR) is 73.9 cm³/mol. The summed E-state index contributed by atoms with van der Waals surface area (Å²) < 4.78 is 23.7. The molecule has 0 aliphatic heterocycles. The van der Waals surface area contributed by atoms with Crippen LogP contribution in [0.15, 0.2) is 39.1 Å². The quantitative estimate of drug-likeness (QED) is 0.619. The number of carboxylic acids is 1. The topological polar surface area (TPSA) is 148 Å². The average Bonchev–Trinajstić information content (AvgIpc) is 2.76. The Balaban J connectivity index is 2.50. The molecule has 11 heteroatoms. The van der Waals surface area contributed by atoms with Crippen LogP contribution in [0, 0.1) is 0 Å². The van der Waals surface area contributed by atoms with Crippen LogP contribution in [0.25, 0.3) is 5.69 Å². The SMILES string of the molecule is NS(=O)(=O)c1cccc(-n2c(SCC(=O)O)n[nH]c2=O)c1. The molecule has 4 N–H and O–H groups in total. The van der Waals surface area contributed by atoms with E-state index in [1.165, 1.54) is 24.3 Å². The Morgan fingerprint density at radius 2 is 2.19 bits per heavy atom.